The Hall–Kier alpha value is -1.69. The number of rotatable bonds is 5. The first kappa shape index (κ1) is 15.7. The number of piperidine rings is 1. The second kappa shape index (κ2) is 7.36. The number of hydrogen-bond acceptors (Lipinski definition) is 3. The minimum absolute atomic E-state index is 0.103. The van der Waals surface area contributed by atoms with E-state index in [0.29, 0.717) is 19.0 Å². The molecule has 0 spiro atoms. The number of carbonyl (C=O) groups is 1. The van der Waals surface area contributed by atoms with Crippen LogP contribution < -0.4 is 10.1 Å². The van der Waals surface area contributed by atoms with Gasteiger partial charge in [-0.05, 0) is 44.5 Å². The zero-order valence-corrected chi connectivity index (χ0v) is 12.1. The van der Waals surface area contributed by atoms with Crippen LogP contribution >= 0.6 is 0 Å². The fourth-order valence-electron chi connectivity index (χ4n) is 2.57. The number of nitrogens with zero attached hydrogens (tertiary/aromatic N) is 1. The van der Waals surface area contributed by atoms with E-state index in [1.165, 1.54) is 6.07 Å². The van der Waals surface area contributed by atoms with Crippen molar-refractivity contribution in [2.75, 3.05) is 33.3 Å². The van der Waals surface area contributed by atoms with Gasteiger partial charge in [-0.2, -0.15) is 0 Å². The van der Waals surface area contributed by atoms with Crippen LogP contribution in [0.5, 0.6) is 5.75 Å². The van der Waals surface area contributed by atoms with E-state index in [2.05, 4.69) is 5.32 Å². The molecule has 0 radical (unpaired) electrons. The van der Waals surface area contributed by atoms with Gasteiger partial charge in [0.05, 0.1) is 0 Å². The lowest BCUT2D eigenvalue weighted by Gasteiger charge is -2.32. The molecule has 1 fully saturated rings. The molecule has 1 N–H and O–H groups in total. The maximum absolute atomic E-state index is 13.4. The standard InChI is InChI=1S/C15H20F2N2O2/c1-18-8-11-3-2-6-19(9-11)15(20)10-21-14-5-4-12(16)7-13(14)17/h4-5,7,11,18H,2-3,6,8-10H2,1H3. The minimum Gasteiger partial charge on any atom is -0.481 e. The van der Waals surface area contributed by atoms with Crippen molar-refractivity contribution in [3.63, 3.8) is 0 Å². The van der Waals surface area contributed by atoms with Gasteiger partial charge in [0.25, 0.3) is 5.91 Å². The van der Waals surface area contributed by atoms with Gasteiger partial charge in [-0.25, -0.2) is 8.78 Å². The van der Waals surface area contributed by atoms with Gasteiger partial charge in [0.15, 0.2) is 18.2 Å². The summed E-state index contributed by atoms with van der Waals surface area (Å²) >= 11 is 0. The maximum atomic E-state index is 13.4. The van der Waals surface area contributed by atoms with Crippen LogP contribution in [0.1, 0.15) is 12.8 Å². The molecule has 1 heterocycles. The quantitative estimate of drug-likeness (QED) is 0.901. The van der Waals surface area contributed by atoms with Gasteiger partial charge in [-0.15, -0.1) is 0 Å². The minimum atomic E-state index is -0.797. The summed E-state index contributed by atoms with van der Waals surface area (Å²) < 4.78 is 31.3. The monoisotopic (exact) mass is 298 g/mol. The summed E-state index contributed by atoms with van der Waals surface area (Å²) in [5.74, 6) is -1.30. The van der Waals surface area contributed by atoms with Crippen LogP contribution in [-0.4, -0.2) is 44.1 Å². The summed E-state index contributed by atoms with van der Waals surface area (Å²) in [6.07, 6.45) is 2.06. The first-order valence-corrected chi connectivity index (χ1v) is 7.10. The summed E-state index contributed by atoms with van der Waals surface area (Å²) in [6, 6.07) is 3.04. The highest BCUT2D eigenvalue weighted by atomic mass is 19.1. The van der Waals surface area contributed by atoms with Gasteiger partial charge in [-0.3, -0.25) is 4.79 Å². The second-order valence-electron chi connectivity index (χ2n) is 5.27. The molecular formula is C15H20F2N2O2. The lowest BCUT2D eigenvalue weighted by molar-refractivity contribution is -0.135. The van der Waals surface area contributed by atoms with Gasteiger partial charge in [0, 0.05) is 19.2 Å². The van der Waals surface area contributed by atoms with E-state index in [9.17, 15) is 13.6 Å². The Kier molecular flexibility index (Phi) is 5.50. The summed E-state index contributed by atoms with van der Waals surface area (Å²) in [4.78, 5) is 13.8. The van der Waals surface area contributed by atoms with Crippen LogP contribution in [0.15, 0.2) is 18.2 Å². The molecule has 0 aliphatic carbocycles. The van der Waals surface area contributed by atoms with Crippen molar-refractivity contribution in [1.82, 2.24) is 10.2 Å². The largest absolute Gasteiger partial charge is 0.481 e. The zero-order valence-electron chi connectivity index (χ0n) is 12.1. The third-order valence-corrected chi connectivity index (χ3v) is 3.61. The Morgan fingerprint density at radius 3 is 3.00 bits per heavy atom. The molecule has 1 aliphatic rings. The molecule has 4 nitrogen and oxygen atoms in total. The number of halogens is 2. The molecule has 1 aliphatic heterocycles. The average Bonchev–Trinajstić information content (AvgIpc) is 2.47. The third kappa shape index (κ3) is 4.39. The topological polar surface area (TPSA) is 41.6 Å². The Labute approximate surface area is 123 Å². The van der Waals surface area contributed by atoms with E-state index >= 15 is 0 Å². The van der Waals surface area contributed by atoms with E-state index < -0.39 is 11.6 Å². The molecule has 0 bridgehead atoms. The number of hydrogen-bond donors (Lipinski definition) is 1. The van der Waals surface area contributed by atoms with Gasteiger partial charge in [-0.1, -0.05) is 0 Å². The summed E-state index contributed by atoms with van der Waals surface area (Å²) in [6.45, 7) is 2.04. The summed E-state index contributed by atoms with van der Waals surface area (Å²) in [5, 5.41) is 3.11. The molecule has 1 aromatic rings. The maximum Gasteiger partial charge on any atom is 0.260 e. The van der Waals surface area contributed by atoms with E-state index in [1.807, 2.05) is 7.05 Å². The smallest absolute Gasteiger partial charge is 0.260 e. The van der Waals surface area contributed by atoms with E-state index in [4.69, 9.17) is 4.74 Å². The zero-order chi connectivity index (χ0) is 15.2. The molecule has 1 atom stereocenters. The van der Waals surface area contributed by atoms with Crippen LogP contribution in [0.25, 0.3) is 0 Å². The highest BCUT2D eigenvalue weighted by molar-refractivity contribution is 5.77. The van der Waals surface area contributed by atoms with Gasteiger partial charge in [0.1, 0.15) is 5.82 Å². The predicted molar refractivity (Wildman–Crippen MR) is 75.1 cm³/mol. The first-order valence-electron chi connectivity index (χ1n) is 7.10. The number of likely N-dealkylation sites (tertiary alicyclic amines) is 1. The predicted octanol–water partition coefficient (Wildman–Crippen LogP) is 1.80. The molecule has 0 aromatic heterocycles. The number of carbonyl (C=O) groups excluding carboxylic acids is 1. The van der Waals surface area contributed by atoms with E-state index in [-0.39, 0.29) is 18.3 Å². The van der Waals surface area contributed by atoms with Crippen molar-refractivity contribution in [1.29, 1.82) is 0 Å². The third-order valence-electron chi connectivity index (χ3n) is 3.61. The molecule has 0 saturated carbocycles. The van der Waals surface area contributed by atoms with Gasteiger partial charge in [0.2, 0.25) is 0 Å². The van der Waals surface area contributed by atoms with Gasteiger partial charge < -0.3 is 15.0 Å². The number of amides is 1. The lowest BCUT2D eigenvalue weighted by Crippen LogP contribution is -2.44. The van der Waals surface area contributed by atoms with Crippen molar-refractivity contribution >= 4 is 5.91 Å². The van der Waals surface area contributed by atoms with Crippen LogP contribution in [0.4, 0.5) is 8.78 Å². The highest BCUT2D eigenvalue weighted by Crippen LogP contribution is 2.19. The van der Waals surface area contributed by atoms with Crippen LogP contribution in [0, 0.1) is 17.6 Å². The lowest BCUT2D eigenvalue weighted by atomic mass is 9.98. The summed E-state index contributed by atoms with van der Waals surface area (Å²) in [7, 11) is 1.89. The molecule has 1 aromatic carbocycles. The van der Waals surface area contributed by atoms with Crippen molar-refractivity contribution in [2.24, 2.45) is 5.92 Å². The Balaban J connectivity index is 1.86. The molecule has 1 unspecified atom stereocenters. The SMILES string of the molecule is CNCC1CCCN(C(=O)COc2ccc(F)cc2F)C1. The number of benzene rings is 1. The van der Waals surface area contributed by atoms with E-state index in [1.54, 1.807) is 4.90 Å². The molecule has 21 heavy (non-hydrogen) atoms. The van der Waals surface area contributed by atoms with Crippen LogP contribution in [0.2, 0.25) is 0 Å². The van der Waals surface area contributed by atoms with Crippen molar-refractivity contribution in [3.05, 3.63) is 29.8 Å². The van der Waals surface area contributed by atoms with Crippen molar-refractivity contribution in [3.8, 4) is 5.75 Å². The Morgan fingerprint density at radius 2 is 2.29 bits per heavy atom. The second-order valence-corrected chi connectivity index (χ2v) is 5.27. The Morgan fingerprint density at radius 1 is 1.48 bits per heavy atom. The van der Waals surface area contributed by atoms with Crippen molar-refractivity contribution < 1.29 is 18.3 Å². The molecule has 6 heteroatoms. The fourth-order valence-corrected chi connectivity index (χ4v) is 2.57. The van der Waals surface area contributed by atoms with Crippen LogP contribution in [0.3, 0.4) is 0 Å². The van der Waals surface area contributed by atoms with Gasteiger partial charge >= 0.3 is 0 Å². The average molecular weight is 298 g/mol. The van der Waals surface area contributed by atoms with E-state index in [0.717, 1.165) is 31.5 Å². The molecule has 1 amide bonds. The highest BCUT2D eigenvalue weighted by Gasteiger charge is 2.23. The Bertz CT molecular complexity index is 495. The number of ether oxygens (including phenoxy) is 1. The van der Waals surface area contributed by atoms with Crippen LogP contribution in [-0.2, 0) is 4.79 Å². The molecule has 1 saturated heterocycles. The molecule has 116 valence electrons. The fraction of sp³-hybridized carbons (Fsp3) is 0.533. The normalized spacial score (nSPS) is 18.6. The number of nitrogens with one attached hydrogen (secondary N) is 1. The first-order chi connectivity index (χ1) is 10.1. The summed E-state index contributed by atoms with van der Waals surface area (Å²) in [5.41, 5.74) is 0. The molecular weight excluding hydrogens is 278 g/mol. The van der Waals surface area contributed by atoms with Crippen molar-refractivity contribution in [2.45, 2.75) is 12.8 Å². The molecule has 2 rings (SSSR count).